The third kappa shape index (κ3) is 4.48. The Bertz CT molecular complexity index is 444. The van der Waals surface area contributed by atoms with Crippen molar-refractivity contribution in [3.05, 3.63) is 42.2 Å². The zero-order chi connectivity index (χ0) is 13.7. The maximum Gasteiger partial charge on any atom is 0.220 e. The Balaban J connectivity index is 1.74. The fourth-order valence-corrected chi connectivity index (χ4v) is 2.41. The van der Waals surface area contributed by atoms with Gasteiger partial charge in [0.25, 0.3) is 0 Å². The fourth-order valence-electron chi connectivity index (χ4n) is 2.41. The molecular formula is C15H21N3O. The van der Waals surface area contributed by atoms with Gasteiger partial charge in [0.2, 0.25) is 5.91 Å². The van der Waals surface area contributed by atoms with Crippen molar-refractivity contribution in [3.63, 3.8) is 0 Å². The smallest absolute Gasteiger partial charge is 0.220 e. The standard InChI is InChI=1S/C15H21N3O/c1-11(8-14-4-2-3-7-17-14)18-15(19)10-12-5-6-13(16)9-12/h2-7,11-13H,8-10,16H2,1H3,(H,18,19)/t11?,12-,13+/m1/s1. The van der Waals surface area contributed by atoms with Crippen molar-refractivity contribution in [1.29, 1.82) is 0 Å². The predicted molar refractivity (Wildman–Crippen MR) is 75.4 cm³/mol. The Kier molecular flexibility index (Phi) is 4.68. The molecule has 1 unspecified atom stereocenters. The number of allylic oxidation sites excluding steroid dienone is 1. The molecule has 102 valence electrons. The average molecular weight is 259 g/mol. The highest BCUT2D eigenvalue weighted by atomic mass is 16.1. The topological polar surface area (TPSA) is 68.0 Å². The van der Waals surface area contributed by atoms with Gasteiger partial charge in [-0.05, 0) is 31.4 Å². The molecule has 1 aliphatic rings. The van der Waals surface area contributed by atoms with Gasteiger partial charge in [-0.2, -0.15) is 0 Å². The number of nitrogens with two attached hydrogens (primary N) is 1. The lowest BCUT2D eigenvalue weighted by Gasteiger charge is -2.15. The Morgan fingerprint density at radius 2 is 2.37 bits per heavy atom. The van der Waals surface area contributed by atoms with Gasteiger partial charge < -0.3 is 11.1 Å². The minimum absolute atomic E-state index is 0.0900. The Morgan fingerprint density at radius 3 is 3.00 bits per heavy atom. The van der Waals surface area contributed by atoms with Crippen LogP contribution in [0.3, 0.4) is 0 Å². The molecule has 0 fully saturated rings. The van der Waals surface area contributed by atoms with Gasteiger partial charge in [0.1, 0.15) is 0 Å². The number of rotatable bonds is 5. The van der Waals surface area contributed by atoms with Crippen molar-refractivity contribution in [1.82, 2.24) is 10.3 Å². The predicted octanol–water partition coefficient (Wildman–Crippen LogP) is 1.42. The summed E-state index contributed by atoms with van der Waals surface area (Å²) in [7, 11) is 0. The van der Waals surface area contributed by atoms with Crippen molar-refractivity contribution in [2.75, 3.05) is 0 Å². The van der Waals surface area contributed by atoms with Crippen LogP contribution in [-0.4, -0.2) is 23.0 Å². The Morgan fingerprint density at radius 1 is 1.53 bits per heavy atom. The Labute approximate surface area is 114 Å². The van der Waals surface area contributed by atoms with Crippen LogP contribution in [-0.2, 0) is 11.2 Å². The molecule has 0 aliphatic heterocycles. The number of carbonyl (C=O) groups excluding carboxylic acids is 1. The van der Waals surface area contributed by atoms with E-state index in [0.29, 0.717) is 6.42 Å². The lowest BCUT2D eigenvalue weighted by Crippen LogP contribution is -2.35. The first kappa shape index (κ1) is 13.7. The highest BCUT2D eigenvalue weighted by molar-refractivity contribution is 5.76. The molecule has 0 bridgehead atoms. The van der Waals surface area contributed by atoms with Crippen LogP contribution in [0.2, 0.25) is 0 Å². The first-order valence-corrected chi connectivity index (χ1v) is 6.76. The normalized spacial score (nSPS) is 23.3. The van der Waals surface area contributed by atoms with Crippen LogP contribution in [0.4, 0.5) is 0 Å². The molecule has 0 radical (unpaired) electrons. The lowest BCUT2D eigenvalue weighted by molar-refractivity contribution is -0.122. The molecule has 19 heavy (non-hydrogen) atoms. The molecule has 0 spiro atoms. The number of hydrogen-bond donors (Lipinski definition) is 2. The summed E-state index contributed by atoms with van der Waals surface area (Å²) >= 11 is 0. The van der Waals surface area contributed by atoms with E-state index >= 15 is 0 Å². The van der Waals surface area contributed by atoms with Crippen LogP contribution in [0.1, 0.15) is 25.5 Å². The van der Waals surface area contributed by atoms with E-state index in [-0.39, 0.29) is 23.9 Å². The Hall–Kier alpha value is -1.68. The largest absolute Gasteiger partial charge is 0.353 e. The van der Waals surface area contributed by atoms with E-state index in [1.165, 1.54) is 0 Å². The molecular weight excluding hydrogens is 238 g/mol. The van der Waals surface area contributed by atoms with Crippen molar-refractivity contribution in [2.24, 2.45) is 11.7 Å². The third-order valence-electron chi connectivity index (χ3n) is 3.30. The summed E-state index contributed by atoms with van der Waals surface area (Å²) in [5.41, 5.74) is 6.78. The van der Waals surface area contributed by atoms with Gasteiger partial charge in [0.15, 0.2) is 0 Å². The summed E-state index contributed by atoms with van der Waals surface area (Å²) in [4.78, 5) is 16.2. The van der Waals surface area contributed by atoms with E-state index in [2.05, 4.69) is 10.3 Å². The summed E-state index contributed by atoms with van der Waals surface area (Å²) in [6.45, 7) is 2.00. The molecule has 4 heteroatoms. The average Bonchev–Trinajstić information content (AvgIpc) is 2.75. The van der Waals surface area contributed by atoms with Crippen molar-refractivity contribution < 1.29 is 4.79 Å². The van der Waals surface area contributed by atoms with Gasteiger partial charge in [-0.25, -0.2) is 0 Å². The van der Waals surface area contributed by atoms with E-state index < -0.39 is 0 Å². The van der Waals surface area contributed by atoms with E-state index in [1.54, 1.807) is 6.20 Å². The van der Waals surface area contributed by atoms with E-state index in [1.807, 2.05) is 37.3 Å². The monoisotopic (exact) mass is 259 g/mol. The molecule has 3 N–H and O–H groups in total. The lowest BCUT2D eigenvalue weighted by atomic mass is 10.0. The van der Waals surface area contributed by atoms with Gasteiger partial charge in [0.05, 0.1) is 0 Å². The molecule has 0 saturated heterocycles. The molecule has 1 aromatic rings. The van der Waals surface area contributed by atoms with Gasteiger partial charge in [-0.15, -0.1) is 0 Å². The maximum atomic E-state index is 11.9. The van der Waals surface area contributed by atoms with Crippen molar-refractivity contribution >= 4 is 5.91 Å². The molecule has 1 aliphatic carbocycles. The number of amides is 1. The molecule has 1 amide bonds. The highest BCUT2D eigenvalue weighted by Crippen LogP contribution is 2.19. The summed E-state index contributed by atoms with van der Waals surface area (Å²) < 4.78 is 0. The van der Waals surface area contributed by atoms with Crippen LogP contribution in [0, 0.1) is 5.92 Å². The number of carbonyl (C=O) groups is 1. The number of nitrogens with one attached hydrogen (secondary N) is 1. The summed E-state index contributed by atoms with van der Waals surface area (Å²) in [5, 5.41) is 3.02. The molecule has 0 saturated carbocycles. The quantitative estimate of drug-likeness (QED) is 0.786. The second-order valence-electron chi connectivity index (χ2n) is 5.24. The minimum Gasteiger partial charge on any atom is -0.353 e. The second-order valence-corrected chi connectivity index (χ2v) is 5.24. The molecule has 4 nitrogen and oxygen atoms in total. The van der Waals surface area contributed by atoms with Crippen molar-refractivity contribution in [2.45, 2.75) is 38.3 Å². The summed E-state index contributed by atoms with van der Waals surface area (Å²) in [6.07, 6.45) is 7.96. The molecule has 3 atom stereocenters. The van der Waals surface area contributed by atoms with Crippen molar-refractivity contribution in [3.8, 4) is 0 Å². The minimum atomic E-state index is 0.0900. The summed E-state index contributed by atoms with van der Waals surface area (Å²) in [5.74, 6) is 0.379. The van der Waals surface area contributed by atoms with Gasteiger partial charge in [-0.3, -0.25) is 9.78 Å². The van der Waals surface area contributed by atoms with E-state index in [0.717, 1.165) is 18.5 Å². The van der Waals surface area contributed by atoms with E-state index in [4.69, 9.17) is 5.73 Å². The first-order chi connectivity index (χ1) is 9.13. The first-order valence-electron chi connectivity index (χ1n) is 6.76. The molecule has 0 aromatic carbocycles. The fraction of sp³-hybridized carbons (Fsp3) is 0.467. The zero-order valence-corrected chi connectivity index (χ0v) is 11.3. The van der Waals surface area contributed by atoms with Gasteiger partial charge in [-0.1, -0.05) is 18.2 Å². The molecule has 1 heterocycles. The number of pyridine rings is 1. The van der Waals surface area contributed by atoms with Crippen LogP contribution >= 0.6 is 0 Å². The highest BCUT2D eigenvalue weighted by Gasteiger charge is 2.19. The van der Waals surface area contributed by atoms with E-state index in [9.17, 15) is 4.79 Å². The van der Waals surface area contributed by atoms with Crippen LogP contribution in [0.25, 0.3) is 0 Å². The zero-order valence-electron chi connectivity index (χ0n) is 11.3. The van der Waals surface area contributed by atoms with Crippen LogP contribution in [0.5, 0.6) is 0 Å². The van der Waals surface area contributed by atoms with Gasteiger partial charge in [0, 0.05) is 36.8 Å². The molecule has 2 rings (SSSR count). The van der Waals surface area contributed by atoms with Gasteiger partial charge >= 0.3 is 0 Å². The maximum absolute atomic E-state index is 11.9. The number of nitrogens with zero attached hydrogens (tertiary/aromatic N) is 1. The van der Waals surface area contributed by atoms with Crippen LogP contribution in [0.15, 0.2) is 36.5 Å². The molecule has 1 aromatic heterocycles. The van der Waals surface area contributed by atoms with Crippen LogP contribution < -0.4 is 11.1 Å². The second kappa shape index (κ2) is 6.48. The third-order valence-corrected chi connectivity index (χ3v) is 3.30. The number of aromatic nitrogens is 1. The summed E-state index contributed by atoms with van der Waals surface area (Å²) in [6, 6.07) is 6.04. The SMILES string of the molecule is CC(Cc1ccccn1)NC(=O)C[C@@H]1C=C[C@H](N)C1. The number of hydrogen-bond acceptors (Lipinski definition) is 3.